The molecule has 1 aromatic rings. The average molecular weight is 348 g/mol. The summed E-state index contributed by atoms with van der Waals surface area (Å²) in [5, 5.41) is 0. The standard InChI is InChI=1S/C14H21N3O3S.ClH/c1-16(21(19,20)13-7-3-2-4-8-13)11-14(18)17-9-5-6-12(15)10-17;/h2-4,7-8,12H,5-6,9-11,15H2,1H3;1H. The third-order valence-corrected chi connectivity index (χ3v) is 5.44. The Hall–Kier alpha value is -1.15. The zero-order valence-corrected chi connectivity index (χ0v) is 14.1. The van der Waals surface area contributed by atoms with Crippen molar-refractivity contribution in [3.05, 3.63) is 30.3 Å². The molecule has 1 amide bonds. The van der Waals surface area contributed by atoms with Gasteiger partial charge in [-0.05, 0) is 25.0 Å². The van der Waals surface area contributed by atoms with Crippen LogP contribution in [0.2, 0.25) is 0 Å². The molecule has 8 heteroatoms. The number of hydrogen-bond acceptors (Lipinski definition) is 4. The second kappa shape index (κ2) is 7.92. The highest BCUT2D eigenvalue weighted by Crippen LogP contribution is 2.14. The Morgan fingerprint density at radius 3 is 2.59 bits per heavy atom. The van der Waals surface area contributed by atoms with Gasteiger partial charge in [0.1, 0.15) is 0 Å². The maximum atomic E-state index is 12.3. The minimum absolute atomic E-state index is 0. The van der Waals surface area contributed by atoms with Gasteiger partial charge in [-0.1, -0.05) is 18.2 Å². The number of halogens is 1. The summed E-state index contributed by atoms with van der Waals surface area (Å²) in [5.74, 6) is -0.202. The molecule has 0 aromatic heterocycles. The van der Waals surface area contributed by atoms with Crippen molar-refractivity contribution in [2.45, 2.75) is 23.8 Å². The summed E-state index contributed by atoms with van der Waals surface area (Å²) >= 11 is 0. The second-order valence-corrected chi connectivity index (χ2v) is 7.36. The van der Waals surface area contributed by atoms with E-state index in [-0.39, 0.29) is 35.8 Å². The molecule has 0 aliphatic carbocycles. The van der Waals surface area contributed by atoms with Crippen molar-refractivity contribution >= 4 is 28.3 Å². The lowest BCUT2D eigenvalue weighted by Crippen LogP contribution is -2.49. The summed E-state index contributed by atoms with van der Waals surface area (Å²) in [6.45, 7) is 0.980. The van der Waals surface area contributed by atoms with Crippen LogP contribution in [0.4, 0.5) is 0 Å². The predicted octanol–water partition coefficient (Wildman–Crippen LogP) is 0.679. The normalized spacial score (nSPS) is 18.9. The minimum atomic E-state index is -3.63. The summed E-state index contributed by atoms with van der Waals surface area (Å²) in [6.07, 6.45) is 1.77. The zero-order chi connectivity index (χ0) is 15.5. The first kappa shape index (κ1) is 18.9. The summed E-state index contributed by atoms with van der Waals surface area (Å²) in [4.78, 5) is 14.0. The fourth-order valence-corrected chi connectivity index (χ4v) is 3.53. The van der Waals surface area contributed by atoms with Crippen LogP contribution in [-0.4, -0.2) is 56.3 Å². The molecule has 2 N–H and O–H groups in total. The number of likely N-dealkylation sites (N-methyl/N-ethyl adjacent to an activating group) is 1. The molecule has 2 rings (SSSR count). The lowest BCUT2D eigenvalue weighted by molar-refractivity contribution is -0.132. The third-order valence-electron chi connectivity index (χ3n) is 3.62. The number of piperidine rings is 1. The first-order valence-corrected chi connectivity index (χ1v) is 8.40. The van der Waals surface area contributed by atoms with Crippen LogP contribution in [0.3, 0.4) is 0 Å². The molecule has 1 unspecified atom stereocenters. The molecule has 1 atom stereocenters. The molecule has 1 aliphatic heterocycles. The second-order valence-electron chi connectivity index (χ2n) is 5.32. The van der Waals surface area contributed by atoms with Crippen molar-refractivity contribution in [1.29, 1.82) is 0 Å². The number of rotatable bonds is 4. The van der Waals surface area contributed by atoms with Crippen LogP contribution in [0.15, 0.2) is 35.2 Å². The fourth-order valence-electron chi connectivity index (χ4n) is 2.38. The SMILES string of the molecule is CN(CC(=O)N1CCCC(N)C1)S(=O)(=O)c1ccccc1.Cl. The van der Waals surface area contributed by atoms with Gasteiger partial charge in [0.15, 0.2) is 0 Å². The number of carbonyl (C=O) groups is 1. The molecule has 1 heterocycles. The van der Waals surface area contributed by atoms with E-state index in [1.807, 2.05) is 0 Å². The van der Waals surface area contributed by atoms with E-state index in [4.69, 9.17) is 5.73 Å². The van der Waals surface area contributed by atoms with E-state index < -0.39 is 10.0 Å². The molecule has 0 saturated carbocycles. The maximum Gasteiger partial charge on any atom is 0.243 e. The van der Waals surface area contributed by atoms with Gasteiger partial charge in [0.2, 0.25) is 15.9 Å². The van der Waals surface area contributed by atoms with Crippen LogP contribution in [0.1, 0.15) is 12.8 Å². The molecular formula is C14H22ClN3O3S. The number of likely N-dealkylation sites (tertiary alicyclic amines) is 1. The Morgan fingerprint density at radius 2 is 2.00 bits per heavy atom. The number of hydrogen-bond donors (Lipinski definition) is 1. The minimum Gasteiger partial charge on any atom is -0.340 e. The number of nitrogens with zero attached hydrogens (tertiary/aromatic N) is 2. The van der Waals surface area contributed by atoms with Crippen molar-refractivity contribution < 1.29 is 13.2 Å². The molecular weight excluding hydrogens is 326 g/mol. The van der Waals surface area contributed by atoms with Crippen molar-refractivity contribution in [2.75, 3.05) is 26.7 Å². The summed E-state index contributed by atoms with van der Waals surface area (Å²) in [5.41, 5.74) is 5.84. The Kier molecular flexibility index (Phi) is 6.80. The number of carbonyl (C=O) groups excluding carboxylic acids is 1. The molecule has 1 fully saturated rings. The molecule has 0 spiro atoms. The first-order valence-electron chi connectivity index (χ1n) is 6.96. The largest absolute Gasteiger partial charge is 0.340 e. The molecule has 1 aromatic carbocycles. The molecule has 0 bridgehead atoms. The molecule has 22 heavy (non-hydrogen) atoms. The van der Waals surface area contributed by atoms with Gasteiger partial charge in [-0.2, -0.15) is 4.31 Å². The van der Waals surface area contributed by atoms with E-state index in [0.29, 0.717) is 13.1 Å². The Labute approximate surface area is 137 Å². The highest BCUT2D eigenvalue weighted by atomic mass is 35.5. The third kappa shape index (κ3) is 4.42. The highest BCUT2D eigenvalue weighted by molar-refractivity contribution is 7.89. The van der Waals surface area contributed by atoms with Gasteiger partial charge < -0.3 is 10.6 Å². The van der Waals surface area contributed by atoms with Gasteiger partial charge >= 0.3 is 0 Å². The lowest BCUT2D eigenvalue weighted by atomic mass is 10.1. The fraction of sp³-hybridized carbons (Fsp3) is 0.500. The van der Waals surface area contributed by atoms with Gasteiger partial charge in [0.25, 0.3) is 0 Å². The maximum absolute atomic E-state index is 12.3. The Bertz CT molecular complexity index is 595. The van der Waals surface area contributed by atoms with Gasteiger partial charge in [0, 0.05) is 26.2 Å². The highest BCUT2D eigenvalue weighted by Gasteiger charge is 2.27. The zero-order valence-electron chi connectivity index (χ0n) is 12.5. The number of benzene rings is 1. The Balaban J connectivity index is 0.00000242. The van der Waals surface area contributed by atoms with E-state index in [9.17, 15) is 13.2 Å². The van der Waals surface area contributed by atoms with Crippen molar-refractivity contribution in [2.24, 2.45) is 5.73 Å². The number of amides is 1. The van der Waals surface area contributed by atoms with E-state index in [1.165, 1.54) is 19.2 Å². The molecule has 1 aliphatic rings. The molecule has 6 nitrogen and oxygen atoms in total. The van der Waals surface area contributed by atoms with E-state index >= 15 is 0 Å². The van der Waals surface area contributed by atoms with Crippen LogP contribution < -0.4 is 5.73 Å². The van der Waals surface area contributed by atoms with Gasteiger partial charge in [-0.3, -0.25) is 4.79 Å². The Morgan fingerprint density at radius 1 is 1.36 bits per heavy atom. The average Bonchev–Trinajstić information content (AvgIpc) is 2.48. The van der Waals surface area contributed by atoms with Crippen LogP contribution in [0.25, 0.3) is 0 Å². The molecule has 1 saturated heterocycles. The summed E-state index contributed by atoms with van der Waals surface area (Å²) in [7, 11) is -2.21. The first-order chi connectivity index (χ1) is 9.91. The van der Waals surface area contributed by atoms with E-state index in [2.05, 4.69) is 0 Å². The van der Waals surface area contributed by atoms with Crippen molar-refractivity contribution in [3.63, 3.8) is 0 Å². The van der Waals surface area contributed by atoms with Crippen LogP contribution in [0.5, 0.6) is 0 Å². The lowest BCUT2D eigenvalue weighted by Gasteiger charge is -2.31. The quantitative estimate of drug-likeness (QED) is 0.868. The topological polar surface area (TPSA) is 83.7 Å². The number of nitrogens with two attached hydrogens (primary N) is 1. The van der Waals surface area contributed by atoms with Gasteiger partial charge in [-0.25, -0.2) is 8.42 Å². The summed E-state index contributed by atoms with van der Waals surface area (Å²) in [6, 6.07) is 8.09. The molecule has 0 radical (unpaired) electrons. The van der Waals surface area contributed by atoms with Crippen molar-refractivity contribution in [1.82, 2.24) is 9.21 Å². The van der Waals surface area contributed by atoms with Crippen molar-refractivity contribution in [3.8, 4) is 0 Å². The van der Waals surface area contributed by atoms with Crippen LogP contribution in [0, 0.1) is 0 Å². The van der Waals surface area contributed by atoms with Gasteiger partial charge in [0.05, 0.1) is 11.4 Å². The smallest absolute Gasteiger partial charge is 0.243 e. The molecule has 124 valence electrons. The van der Waals surface area contributed by atoms with E-state index in [1.54, 1.807) is 23.1 Å². The van der Waals surface area contributed by atoms with Gasteiger partial charge in [-0.15, -0.1) is 12.4 Å². The van der Waals surface area contributed by atoms with E-state index in [0.717, 1.165) is 17.1 Å². The predicted molar refractivity (Wildman–Crippen MR) is 87.3 cm³/mol. The number of sulfonamides is 1. The summed E-state index contributed by atoms with van der Waals surface area (Å²) < 4.78 is 25.8. The van der Waals surface area contributed by atoms with Crippen LogP contribution in [-0.2, 0) is 14.8 Å². The van der Waals surface area contributed by atoms with Crippen LogP contribution >= 0.6 is 12.4 Å². The monoisotopic (exact) mass is 347 g/mol.